The first kappa shape index (κ1) is 22.4. The lowest BCUT2D eigenvalue weighted by Gasteiger charge is -2.32. The Morgan fingerprint density at radius 3 is 2.88 bits per heavy atom. The van der Waals surface area contributed by atoms with Crippen molar-refractivity contribution in [2.24, 2.45) is 0 Å². The van der Waals surface area contributed by atoms with Crippen LogP contribution in [0.15, 0.2) is 44.4 Å². The molecule has 1 aliphatic heterocycles. The molecule has 11 heteroatoms. The third-order valence-corrected chi connectivity index (χ3v) is 8.01. The Bertz CT molecular complexity index is 1190. The summed E-state index contributed by atoms with van der Waals surface area (Å²) in [7, 11) is -2.44. The van der Waals surface area contributed by atoms with Gasteiger partial charge in [-0.2, -0.15) is 20.6 Å². The van der Waals surface area contributed by atoms with E-state index in [1.807, 2.05) is 23.8 Å². The smallest absolute Gasteiger partial charge is 0.338 e. The minimum atomic E-state index is -3.84. The fraction of sp³-hybridized carbons (Fsp3) is 0.381. The number of carbonyl (C=O) groups is 1. The highest BCUT2D eigenvalue weighted by atomic mass is 32.2. The van der Waals surface area contributed by atoms with Crippen LogP contribution in [0.1, 0.15) is 42.4 Å². The van der Waals surface area contributed by atoms with E-state index in [1.165, 1.54) is 41.0 Å². The van der Waals surface area contributed by atoms with Crippen LogP contribution in [0.2, 0.25) is 0 Å². The molecule has 9 nitrogen and oxygen atoms in total. The second-order valence-corrected chi connectivity index (χ2v) is 10.1. The van der Waals surface area contributed by atoms with Gasteiger partial charge in [-0.25, -0.2) is 13.2 Å². The molecule has 0 N–H and O–H groups in total. The van der Waals surface area contributed by atoms with Crippen molar-refractivity contribution in [2.45, 2.75) is 43.7 Å². The molecule has 1 saturated heterocycles. The van der Waals surface area contributed by atoms with Gasteiger partial charge in [-0.3, -0.25) is 0 Å². The quantitative estimate of drug-likeness (QED) is 0.473. The maximum absolute atomic E-state index is 13.3. The number of hydrogen-bond acceptors (Lipinski definition) is 9. The summed E-state index contributed by atoms with van der Waals surface area (Å²) in [4.78, 5) is 16.8. The Hall–Kier alpha value is -2.76. The zero-order chi connectivity index (χ0) is 22.7. The predicted molar refractivity (Wildman–Crippen MR) is 117 cm³/mol. The van der Waals surface area contributed by atoms with Crippen molar-refractivity contribution >= 4 is 27.3 Å². The topological polar surface area (TPSA) is 112 Å². The van der Waals surface area contributed by atoms with E-state index in [4.69, 9.17) is 14.0 Å². The molecule has 170 valence electrons. The Labute approximate surface area is 190 Å². The molecule has 1 fully saturated rings. The van der Waals surface area contributed by atoms with Crippen molar-refractivity contribution in [1.29, 1.82) is 0 Å². The van der Waals surface area contributed by atoms with Gasteiger partial charge < -0.3 is 14.0 Å². The Balaban J connectivity index is 1.52. The molecule has 1 unspecified atom stereocenters. The van der Waals surface area contributed by atoms with Crippen molar-refractivity contribution in [3.05, 3.63) is 46.4 Å². The fourth-order valence-corrected chi connectivity index (χ4v) is 6.10. The maximum atomic E-state index is 13.3. The second kappa shape index (κ2) is 9.39. The van der Waals surface area contributed by atoms with E-state index in [-0.39, 0.29) is 34.7 Å². The Kier molecular flexibility index (Phi) is 6.58. The van der Waals surface area contributed by atoms with E-state index in [1.54, 1.807) is 0 Å². The van der Waals surface area contributed by atoms with E-state index < -0.39 is 16.0 Å². The molecule has 1 aromatic carbocycles. The largest absolute Gasteiger partial charge is 0.495 e. The molecule has 0 amide bonds. The van der Waals surface area contributed by atoms with Crippen molar-refractivity contribution < 1.29 is 27.2 Å². The average Bonchev–Trinajstić information content (AvgIpc) is 3.49. The van der Waals surface area contributed by atoms with Gasteiger partial charge in [-0.05, 0) is 49.4 Å². The monoisotopic (exact) mass is 477 g/mol. The number of esters is 1. The summed E-state index contributed by atoms with van der Waals surface area (Å²) in [6, 6.07) is 5.94. The molecule has 1 atom stereocenters. The van der Waals surface area contributed by atoms with Crippen LogP contribution >= 0.6 is 11.3 Å². The molecule has 3 heterocycles. The lowest BCUT2D eigenvalue weighted by atomic mass is 10.1. The van der Waals surface area contributed by atoms with Crippen LogP contribution < -0.4 is 4.74 Å². The van der Waals surface area contributed by atoms with E-state index in [9.17, 15) is 13.2 Å². The van der Waals surface area contributed by atoms with Crippen LogP contribution in [0.4, 0.5) is 0 Å². The number of carbonyl (C=O) groups excluding carboxylic acids is 1. The normalized spacial score (nSPS) is 17.2. The van der Waals surface area contributed by atoms with Crippen LogP contribution in [0, 0.1) is 0 Å². The van der Waals surface area contributed by atoms with Gasteiger partial charge in [0, 0.05) is 18.0 Å². The van der Waals surface area contributed by atoms with Crippen LogP contribution in [0.3, 0.4) is 0 Å². The third kappa shape index (κ3) is 4.54. The van der Waals surface area contributed by atoms with Crippen LogP contribution in [-0.2, 0) is 21.4 Å². The van der Waals surface area contributed by atoms with Gasteiger partial charge in [0.15, 0.2) is 6.61 Å². The molecule has 0 radical (unpaired) electrons. The van der Waals surface area contributed by atoms with E-state index >= 15 is 0 Å². The molecular formula is C21H23N3O6S2. The van der Waals surface area contributed by atoms with E-state index in [0.29, 0.717) is 12.4 Å². The van der Waals surface area contributed by atoms with Crippen LogP contribution in [0.5, 0.6) is 5.75 Å². The maximum Gasteiger partial charge on any atom is 0.338 e. The van der Waals surface area contributed by atoms with Gasteiger partial charge in [0.05, 0.1) is 18.2 Å². The van der Waals surface area contributed by atoms with Crippen molar-refractivity contribution in [3.8, 4) is 17.2 Å². The van der Waals surface area contributed by atoms with Gasteiger partial charge in [-0.15, -0.1) is 0 Å². The number of rotatable bonds is 7. The predicted octanol–water partition coefficient (Wildman–Crippen LogP) is 3.73. The Morgan fingerprint density at radius 2 is 2.16 bits per heavy atom. The van der Waals surface area contributed by atoms with Gasteiger partial charge in [0.25, 0.3) is 5.89 Å². The fourth-order valence-electron chi connectivity index (χ4n) is 3.59. The molecule has 2 aromatic heterocycles. The molecule has 0 aliphatic carbocycles. The van der Waals surface area contributed by atoms with Crippen LogP contribution in [0.25, 0.3) is 11.5 Å². The number of sulfonamides is 1. The number of benzene rings is 1. The average molecular weight is 478 g/mol. The highest BCUT2D eigenvalue weighted by Crippen LogP contribution is 2.32. The minimum absolute atomic E-state index is 0.0532. The highest BCUT2D eigenvalue weighted by Gasteiger charge is 2.33. The van der Waals surface area contributed by atoms with Crippen molar-refractivity contribution in [1.82, 2.24) is 14.4 Å². The first-order valence-corrected chi connectivity index (χ1v) is 12.5. The summed E-state index contributed by atoms with van der Waals surface area (Å²) in [5.41, 5.74) is 0.882. The summed E-state index contributed by atoms with van der Waals surface area (Å²) in [5.74, 6) is 0.0319. The summed E-state index contributed by atoms with van der Waals surface area (Å²) >= 11 is 1.50. The first-order chi connectivity index (χ1) is 15.4. The third-order valence-electron chi connectivity index (χ3n) is 5.30. The molecule has 0 bridgehead atoms. The number of methoxy groups -OCH3 is 1. The summed E-state index contributed by atoms with van der Waals surface area (Å²) in [6.07, 6.45) is 2.58. The summed E-state index contributed by atoms with van der Waals surface area (Å²) in [5, 5.41) is 7.57. The molecule has 0 saturated carbocycles. The summed E-state index contributed by atoms with van der Waals surface area (Å²) < 4.78 is 43.8. The first-order valence-electron chi connectivity index (χ1n) is 10.1. The number of ether oxygens (including phenoxy) is 2. The summed E-state index contributed by atoms with van der Waals surface area (Å²) in [6.45, 7) is 2.12. The SMILES string of the molecule is COc1ccc(C(=O)OCc2noc(-c3ccsc3)n2)cc1S(=O)(=O)N1CCCCC1C. The lowest BCUT2D eigenvalue weighted by Crippen LogP contribution is -2.42. The molecule has 4 rings (SSSR count). The highest BCUT2D eigenvalue weighted by molar-refractivity contribution is 7.89. The van der Waals surface area contributed by atoms with E-state index in [2.05, 4.69) is 10.1 Å². The second-order valence-electron chi connectivity index (χ2n) is 7.43. The molecular weight excluding hydrogens is 454 g/mol. The number of nitrogens with zero attached hydrogens (tertiary/aromatic N) is 3. The van der Waals surface area contributed by atoms with Crippen molar-refractivity contribution in [3.63, 3.8) is 0 Å². The number of thiophene rings is 1. The zero-order valence-electron chi connectivity index (χ0n) is 17.7. The van der Waals surface area contributed by atoms with Gasteiger partial charge in [0.2, 0.25) is 15.8 Å². The number of piperidine rings is 1. The number of hydrogen-bond donors (Lipinski definition) is 0. The van der Waals surface area contributed by atoms with Gasteiger partial charge in [0.1, 0.15) is 10.6 Å². The van der Waals surface area contributed by atoms with Crippen molar-refractivity contribution in [2.75, 3.05) is 13.7 Å². The molecule has 0 spiro atoms. The molecule has 32 heavy (non-hydrogen) atoms. The zero-order valence-corrected chi connectivity index (χ0v) is 19.3. The minimum Gasteiger partial charge on any atom is -0.495 e. The van der Waals surface area contributed by atoms with Gasteiger partial charge >= 0.3 is 5.97 Å². The molecule has 1 aliphatic rings. The van der Waals surface area contributed by atoms with Crippen LogP contribution in [-0.4, -0.2) is 48.5 Å². The standard InChI is InChI=1S/C21H23N3O6S2/c1-14-5-3-4-9-24(14)32(26,27)18-11-15(6-7-17(18)28-2)21(25)29-12-19-22-20(30-23-19)16-8-10-31-13-16/h6-8,10-11,13-14H,3-5,9,12H2,1-2H3. The number of aromatic nitrogens is 2. The van der Waals surface area contributed by atoms with E-state index in [0.717, 1.165) is 24.8 Å². The molecule has 3 aromatic rings. The lowest BCUT2D eigenvalue weighted by molar-refractivity contribution is 0.0459. The van der Waals surface area contributed by atoms with Gasteiger partial charge in [-0.1, -0.05) is 11.6 Å². The Morgan fingerprint density at radius 1 is 1.31 bits per heavy atom.